The smallest absolute Gasteiger partial charge is 0.236 e. The summed E-state index contributed by atoms with van der Waals surface area (Å²) in [5.74, 6) is -6.48. The number of benzene rings is 2. The van der Waals surface area contributed by atoms with Crippen molar-refractivity contribution < 1.29 is 35.9 Å². The van der Waals surface area contributed by atoms with Gasteiger partial charge >= 0.3 is 0 Å². The van der Waals surface area contributed by atoms with Crippen LogP contribution in [0.4, 0.5) is 26.3 Å². The summed E-state index contributed by atoms with van der Waals surface area (Å²) in [6.07, 6.45) is 7.13. The third-order valence-corrected chi connectivity index (χ3v) is 12.4. The second-order valence-corrected chi connectivity index (χ2v) is 15.1. The lowest BCUT2D eigenvalue weighted by molar-refractivity contribution is -0.150. The zero-order valence-electron chi connectivity index (χ0n) is 26.2. The third kappa shape index (κ3) is 5.79. The summed E-state index contributed by atoms with van der Waals surface area (Å²) in [5, 5.41) is 0. The van der Waals surface area contributed by atoms with Crippen LogP contribution in [0.1, 0.15) is 75.3 Å². The quantitative estimate of drug-likeness (QED) is 0.192. The lowest BCUT2D eigenvalue weighted by atomic mass is 9.66. The van der Waals surface area contributed by atoms with Crippen LogP contribution in [0.3, 0.4) is 0 Å². The van der Waals surface area contributed by atoms with Gasteiger partial charge in [0.25, 0.3) is 0 Å². The maximum Gasteiger partial charge on any atom is 0.236 e. The Morgan fingerprint density at radius 3 is 1.53 bits per heavy atom. The molecule has 9 atom stereocenters. The van der Waals surface area contributed by atoms with E-state index in [9.17, 15) is 35.9 Å². The molecule has 4 N–H and O–H groups in total. The molecule has 1 amide bonds. The van der Waals surface area contributed by atoms with Crippen molar-refractivity contribution in [2.24, 2.45) is 46.5 Å². The van der Waals surface area contributed by atoms with Crippen molar-refractivity contribution in [3.63, 3.8) is 0 Å². The highest BCUT2D eigenvalue weighted by molar-refractivity contribution is 6.10. The van der Waals surface area contributed by atoms with Crippen LogP contribution in [0.15, 0.2) is 24.3 Å². The Kier molecular flexibility index (Phi) is 8.47. The fourth-order valence-corrected chi connectivity index (χ4v) is 9.79. The monoisotopic (exact) mass is 661 g/mol. The zero-order valence-corrected chi connectivity index (χ0v) is 26.2. The van der Waals surface area contributed by atoms with Gasteiger partial charge in [-0.2, -0.15) is 0 Å². The van der Waals surface area contributed by atoms with E-state index in [2.05, 4.69) is 0 Å². The maximum atomic E-state index is 14.3. The number of carbonyl (C=O) groups excluding carboxylic acids is 2. The first-order valence-electron chi connectivity index (χ1n) is 17.0. The predicted molar refractivity (Wildman–Crippen MR) is 161 cm³/mol. The van der Waals surface area contributed by atoms with Crippen LogP contribution < -0.4 is 11.5 Å². The van der Waals surface area contributed by atoms with Crippen LogP contribution in [0.25, 0.3) is 0 Å². The average Bonchev–Trinajstić information content (AvgIpc) is 3.74. The van der Waals surface area contributed by atoms with Crippen molar-refractivity contribution in [1.29, 1.82) is 0 Å². The van der Waals surface area contributed by atoms with Crippen LogP contribution in [-0.4, -0.2) is 40.8 Å². The molecule has 2 aromatic carbocycles. The number of nitrogens with zero attached hydrogens (tertiary/aromatic N) is 1. The minimum Gasteiger partial charge on any atom is -0.336 e. The Bertz CT molecular complexity index is 1440. The van der Waals surface area contributed by atoms with Gasteiger partial charge in [-0.1, -0.05) is 0 Å². The number of halogens is 6. The molecule has 0 spiro atoms. The number of carbonyl (C=O) groups is 2. The molecular weight excluding hydrogens is 620 g/mol. The molecule has 11 heteroatoms. The molecule has 2 saturated heterocycles. The van der Waals surface area contributed by atoms with Gasteiger partial charge in [-0.25, -0.2) is 26.3 Å². The first-order chi connectivity index (χ1) is 22.4. The van der Waals surface area contributed by atoms with Gasteiger partial charge in [-0.3, -0.25) is 9.59 Å². The van der Waals surface area contributed by atoms with Crippen LogP contribution >= 0.6 is 0 Å². The van der Waals surface area contributed by atoms with Crippen molar-refractivity contribution in [2.45, 2.75) is 101 Å². The summed E-state index contributed by atoms with van der Waals surface area (Å²) in [6, 6.07) is 1.73. The molecular formula is C36H41F6N3O2. The molecule has 2 aromatic rings. The van der Waals surface area contributed by atoms with Gasteiger partial charge in [-0.05, 0) is 124 Å². The van der Waals surface area contributed by atoms with Gasteiger partial charge in [-0.15, -0.1) is 0 Å². The van der Waals surface area contributed by atoms with Gasteiger partial charge in [0, 0.05) is 42.2 Å². The highest BCUT2D eigenvalue weighted by Crippen LogP contribution is 2.59. The molecule has 2 heterocycles. The highest BCUT2D eigenvalue weighted by atomic mass is 19.2. The second kappa shape index (κ2) is 12.2. The molecule has 3 aliphatic carbocycles. The van der Waals surface area contributed by atoms with Gasteiger partial charge in [0.1, 0.15) is 17.0 Å². The van der Waals surface area contributed by atoms with Crippen molar-refractivity contribution in [1.82, 2.24) is 4.90 Å². The van der Waals surface area contributed by atoms with Crippen LogP contribution in [0, 0.1) is 69.9 Å². The minimum absolute atomic E-state index is 0.00822. The summed E-state index contributed by atoms with van der Waals surface area (Å²) in [4.78, 5) is 30.5. The zero-order chi connectivity index (χ0) is 33.4. The SMILES string of the molecule is N[C@H](Cc1cc(F)c(F)cc1F)C1C[C@H]2CC[C@@H](C1)C2C(=O)C1(C(=O)N2[C@@H]3CC[C@H]2CC([C@H](N)Cc2cc(F)c(F)cc2F)C3)CC1. The molecule has 4 bridgehead atoms. The molecule has 5 nitrogen and oxygen atoms in total. The lowest BCUT2D eigenvalue weighted by Crippen LogP contribution is -2.54. The van der Waals surface area contributed by atoms with E-state index < -0.39 is 52.4 Å². The van der Waals surface area contributed by atoms with Gasteiger partial charge in [0.15, 0.2) is 29.1 Å². The first-order valence-corrected chi connectivity index (χ1v) is 17.0. The average molecular weight is 662 g/mol. The number of rotatable bonds is 9. The topological polar surface area (TPSA) is 89.4 Å². The fourth-order valence-electron chi connectivity index (χ4n) is 9.79. The fraction of sp³-hybridized carbons (Fsp3) is 0.611. The summed E-state index contributed by atoms with van der Waals surface area (Å²) in [7, 11) is 0. The van der Waals surface area contributed by atoms with E-state index in [-0.39, 0.29) is 77.3 Å². The standard InChI is InChI=1S/C36H41F6N3O2/c37-25-15-29(41)27(39)11-19(25)13-31(43)21-7-17-1-2-18(8-21)33(17)34(46)36(5-6-36)35(47)45-23-3-4-24(45)10-22(9-23)32(44)14-20-12-28(40)30(42)16-26(20)38/h11-12,15-18,21-24,31-33H,1-10,13-14,43-44H2/t17-,18+,21?,22?,23-,24+,31-,32-,33?/m1/s1. The predicted octanol–water partition coefficient (Wildman–Crippen LogP) is 6.13. The number of hydrogen-bond acceptors (Lipinski definition) is 4. The molecule has 2 aliphatic heterocycles. The number of hydrogen-bond donors (Lipinski definition) is 2. The summed E-state index contributed by atoms with van der Waals surface area (Å²) < 4.78 is 83.0. The number of ketones is 1. The summed E-state index contributed by atoms with van der Waals surface area (Å²) in [6.45, 7) is 0. The Hall–Kier alpha value is -2.92. The molecule has 5 aliphatic rings. The molecule has 0 aromatic heterocycles. The van der Waals surface area contributed by atoms with E-state index in [0.29, 0.717) is 50.7 Å². The summed E-state index contributed by atoms with van der Waals surface area (Å²) in [5.41, 5.74) is 12.1. The summed E-state index contributed by atoms with van der Waals surface area (Å²) >= 11 is 0. The number of Topliss-reactive ketones (excluding diaryl/α,β-unsaturated/α-hetero) is 1. The highest BCUT2D eigenvalue weighted by Gasteiger charge is 2.64. The molecule has 254 valence electrons. The Labute approximate surface area is 270 Å². The molecule has 47 heavy (non-hydrogen) atoms. The van der Waals surface area contributed by atoms with E-state index in [1.807, 2.05) is 4.90 Å². The minimum atomic E-state index is -1.24. The van der Waals surface area contributed by atoms with E-state index in [4.69, 9.17) is 11.5 Å². The van der Waals surface area contributed by atoms with Crippen molar-refractivity contribution in [3.05, 3.63) is 70.3 Å². The number of fused-ring (bicyclic) bond motifs is 4. The Balaban J connectivity index is 0.991. The molecule has 3 unspecified atom stereocenters. The molecule has 3 saturated carbocycles. The molecule has 7 rings (SSSR count). The lowest BCUT2D eigenvalue weighted by Gasteiger charge is -2.43. The van der Waals surface area contributed by atoms with Gasteiger partial charge < -0.3 is 16.4 Å². The normalized spacial score (nSPS) is 31.9. The largest absolute Gasteiger partial charge is 0.336 e. The second-order valence-electron chi connectivity index (χ2n) is 15.1. The molecule has 0 radical (unpaired) electrons. The Morgan fingerprint density at radius 1 is 0.660 bits per heavy atom. The van der Waals surface area contributed by atoms with Crippen molar-refractivity contribution >= 4 is 11.7 Å². The van der Waals surface area contributed by atoms with Crippen molar-refractivity contribution in [2.75, 3.05) is 0 Å². The number of amides is 1. The van der Waals surface area contributed by atoms with Crippen LogP contribution in [0.5, 0.6) is 0 Å². The number of piperidine rings is 1. The van der Waals surface area contributed by atoms with E-state index >= 15 is 0 Å². The third-order valence-electron chi connectivity index (χ3n) is 12.4. The first kappa shape index (κ1) is 32.6. The van der Waals surface area contributed by atoms with Gasteiger partial charge in [0.05, 0.1) is 0 Å². The molecule has 5 fully saturated rings. The van der Waals surface area contributed by atoms with E-state index in [0.717, 1.165) is 37.8 Å². The maximum absolute atomic E-state index is 14.3. The van der Waals surface area contributed by atoms with Crippen LogP contribution in [0.2, 0.25) is 0 Å². The number of nitrogens with two attached hydrogens (primary N) is 2. The van der Waals surface area contributed by atoms with Gasteiger partial charge in [0.2, 0.25) is 5.91 Å². The van der Waals surface area contributed by atoms with E-state index in [1.54, 1.807) is 0 Å². The van der Waals surface area contributed by atoms with E-state index in [1.165, 1.54) is 0 Å². The Morgan fingerprint density at radius 2 is 1.09 bits per heavy atom. The van der Waals surface area contributed by atoms with Crippen molar-refractivity contribution in [3.8, 4) is 0 Å². The van der Waals surface area contributed by atoms with Crippen LogP contribution in [-0.2, 0) is 22.4 Å².